The summed E-state index contributed by atoms with van der Waals surface area (Å²) in [5.41, 5.74) is -0.488. The zero-order chi connectivity index (χ0) is 13.9. The largest absolute Gasteiger partial charge is 0.317 e. The minimum absolute atomic E-state index is 0.134. The Kier molecular flexibility index (Phi) is 3.74. The minimum atomic E-state index is -0.622. The van der Waals surface area contributed by atoms with Gasteiger partial charge in [0.15, 0.2) is 0 Å². The molecular weight excluding hydrogens is 238 g/mol. The summed E-state index contributed by atoms with van der Waals surface area (Å²) >= 11 is 0. The van der Waals surface area contributed by atoms with Crippen molar-refractivity contribution in [3.63, 3.8) is 0 Å². The van der Waals surface area contributed by atoms with Crippen LogP contribution in [0, 0.1) is 30.4 Å². The maximum absolute atomic E-state index is 10.6. The van der Waals surface area contributed by atoms with Gasteiger partial charge in [0.05, 0.1) is 0 Å². The van der Waals surface area contributed by atoms with Gasteiger partial charge in [0.25, 0.3) is 0 Å². The summed E-state index contributed by atoms with van der Waals surface area (Å²) in [5, 5.41) is 0. The predicted octanol–water partition coefficient (Wildman–Crippen LogP) is 3.12. The summed E-state index contributed by atoms with van der Waals surface area (Å²) in [6, 6.07) is 0. The Hall–Kier alpha value is -1.64. The van der Waals surface area contributed by atoms with Gasteiger partial charge in [0.2, 0.25) is 19.2 Å². The van der Waals surface area contributed by atoms with E-state index in [1.54, 1.807) is 6.08 Å². The molecule has 0 amide bonds. The molecule has 0 aromatic carbocycles. The molecule has 4 atom stereocenters. The number of fused-ring (bicyclic) bond motifs is 2. The van der Waals surface area contributed by atoms with Crippen LogP contribution in [-0.4, -0.2) is 24.7 Å². The van der Waals surface area contributed by atoms with Crippen LogP contribution < -0.4 is 0 Å². The van der Waals surface area contributed by atoms with Gasteiger partial charge in [-0.25, -0.2) is 17.9 Å². The molecule has 2 rings (SSSR count). The number of hydrogen-bond acceptors (Lipinski definition) is 2. The van der Waals surface area contributed by atoms with E-state index in [0.717, 1.165) is 31.6 Å². The molecule has 4 nitrogen and oxygen atoms in total. The third kappa shape index (κ3) is 2.55. The van der Waals surface area contributed by atoms with E-state index in [4.69, 9.17) is 13.1 Å². The second-order valence-electron chi connectivity index (χ2n) is 6.44. The van der Waals surface area contributed by atoms with Gasteiger partial charge in [-0.3, -0.25) is 0 Å². The van der Waals surface area contributed by atoms with Crippen molar-refractivity contribution in [3.8, 4) is 0 Å². The molecule has 0 spiro atoms. The van der Waals surface area contributed by atoms with E-state index in [2.05, 4.69) is 14.7 Å². The fraction of sp³-hybridized carbons (Fsp3) is 0.800. The third-order valence-corrected chi connectivity index (χ3v) is 5.01. The maximum Gasteiger partial charge on any atom is 0.240 e. The van der Waals surface area contributed by atoms with Crippen molar-refractivity contribution in [2.75, 3.05) is 13.1 Å². The number of nitrogens with zero attached hydrogens (tertiary/aromatic N) is 3. The molecule has 0 heterocycles. The first-order valence-electron chi connectivity index (χ1n) is 6.83. The third-order valence-electron chi connectivity index (χ3n) is 5.01. The first kappa shape index (κ1) is 13.8. The lowest BCUT2D eigenvalue weighted by Gasteiger charge is -2.36. The number of rotatable bonds is 5. The van der Waals surface area contributed by atoms with Crippen molar-refractivity contribution in [1.82, 2.24) is 0 Å². The second-order valence-corrected chi connectivity index (χ2v) is 6.44. The monoisotopic (exact) mass is 257 g/mol. The molecule has 4 heteroatoms. The maximum atomic E-state index is 10.6. The van der Waals surface area contributed by atoms with Crippen LogP contribution in [0.2, 0.25) is 0 Å². The molecule has 0 saturated heterocycles. The highest BCUT2D eigenvalue weighted by atomic mass is 16.1. The Morgan fingerprint density at radius 3 is 2.84 bits per heavy atom. The van der Waals surface area contributed by atoms with E-state index in [1.807, 2.05) is 6.92 Å². The van der Waals surface area contributed by atoms with Crippen LogP contribution in [0.4, 0.5) is 0 Å². The van der Waals surface area contributed by atoms with Gasteiger partial charge in [0, 0.05) is 5.92 Å². The predicted molar refractivity (Wildman–Crippen MR) is 72.0 cm³/mol. The van der Waals surface area contributed by atoms with E-state index in [-0.39, 0.29) is 12.0 Å². The van der Waals surface area contributed by atoms with Crippen molar-refractivity contribution in [2.45, 2.75) is 44.6 Å². The fourth-order valence-electron chi connectivity index (χ4n) is 4.35. The molecule has 19 heavy (non-hydrogen) atoms. The number of hydrogen-bond donors (Lipinski definition) is 0. The zero-order valence-corrected chi connectivity index (χ0v) is 11.4. The summed E-state index contributed by atoms with van der Waals surface area (Å²) in [6.07, 6.45) is 7.04. The number of aliphatic imine (C=N–C) groups is 1. The molecule has 100 valence electrons. The van der Waals surface area contributed by atoms with Gasteiger partial charge in [-0.05, 0) is 50.4 Å². The van der Waals surface area contributed by atoms with E-state index >= 15 is 0 Å². The minimum Gasteiger partial charge on any atom is -0.317 e. The first-order chi connectivity index (χ1) is 9.07. The van der Waals surface area contributed by atoms with Crippen molar-refractivity contribution < 1.29 is 4.79 Å². The van der Waals surface area contributed by atoms with E-state index < -0.39 is 5.54 Å². The van der Waals surface area contributed by atoms with E-state index in [1.165, 1.54) is 6.42 Å². The SMILES string of the molecule is [C-]#[N+]CC1CC2CCC1(CC(C)(C[N+]#[C-])N=C=O)C2. The van der Waals surface area contributed by atoms with Gasteiger partial charge >= 0.3 is 0 Å². The molecule has 2 aliphatic carbocycles. The molecule has 0 N–H and O–H groups in total. The normalized spacial score (nSPS) is 34.9. The van der Waals surface area contributed by atoms with Crippen LogP contribution in [0.25, 0.3) is 9.69 Å². The number of isocyanates is 1. The lowest BCUT2D eigenvalue weighted by molar-refractivity contribution is 0.145. The summed E-state index contributed by atoms with van der Waals surface area (Å²) in [7, 11) is 0. The van der Waals surface area contributed by atoms with Crippen LogP contribution in [0.1, 0.15) is 39.0 Å². The van der Waals surface area contributed by atoms with Gasteiger partial charge in [0.1, 0.15) is 5.54 Å². The standard InChI is InChI=1S/C15H19N3O/c1-14(10-17-3,18-11-19)9-15-5-4-12(7-15)6-13(15)8-16-2/h12-13H,4-10H2,1H3. The summed E-state index contributed by atoms with van der Waals surface area (Å²) in [5.74, 6) is 1.17. The van der Waals surface area contributed by atoms with Crippen molar-refractivity contribution in [1.29, 1.82) is 0 Å². The molecule has 2 bridgehead atoms. The lowest BCUT2D eigenvalue weighted by atomic mass is 9.68. The smallest absolute Gasteiger partial charge is 0.240 e. The molecular formula is C15H19N3O. The molecule has 0 aromatic heterocycles. The average molecular weight is 257 g/mol. The molecule has 2 aliphatic rings. The summed E-state index contributed by atoms with van der Waals surface area (Å²) < 4.78 is 0. The zero-order valence-electron chi connectivity index (χ0n) is 11.4. The highest BCUT2D eigenvalue weighted by Crippen LogP contribution is 2.61. The highest BCUT2D eigenvalue weighted by Gasteiger charge is 2.56. The Morgan fingerprint density at radius 2 is 2.26 bits per heavy atom. The Morgan fingerprint density at radius 1 is 1.47 bits per heavy atom. The summed E-state index contributed by atoms with van der Waals surface area (Å²) in [4.78, 5) is 21.6. The quantitative estimate of drug-likeness (QED) is 0.423. The molecule has 2 saturated carbocycles. The molecule has 2 fully saturated rings. The summed E-state index contributed by atoms with van der Waals surface area (Å²) in [6.45, 7) is 16.9. The second kappa shape index (κ2) is 5.16. The van der Waals surface area contributed by atoms with Crippen LogP contribution in [0.3, 0.4) is 0 Å². The highest BCUT2D eigenvalue weighted by molar-refractivity contribution is 5.35. The van der Waals surface area contributed by atoms with Gasteiger partial charge < -0.3 is 9.69 Å². The Balaban J connectivity index is 2.22. The molecule has 0 radical (unpaired) electrons. The van der Waals surface area contributed by atoms with E-state index in [9.17, 15) is 4.79 Å². The van der Waals surface area contributed by atoms with Crippen LogP contribution in [-0.2, 0) is 4.79 Å². The molecule has 0 aliphatic heterocycles. The van der Waals surface area contributed by atoms with Crippen LogP contribution in [0.5, 0.6) is 0 Å². The molecule has 0 aromatic rings. The van der Waals surface area contributed by atoms with Crippen LogP contribution in [0.15, 0.2) is 4.99 Å². The number of carbonyl (C=O) groups excluding carboxylic acids is 1. The van der Waals surface area contributed by atoms with Crippen molar-refractivity contribution in [2.24, 2.45) is 22.2 Å². The van der Waals surface area contributed by atoms with Gasteiger partial charge in [-0.2, -0.15) is 4.99 Å². The van der Waals surface area contributed by atoms with Gasteiger partial charge in [-0.15, -0.1) is 0 Å². The Labute approximate surface area is 114 Å². The van der Waals surface area contributed by atoms with Gasteiger partial charge in [-0.1, -0.05) is 0 Å². The first-order valence-corrected chi connectivity index (χ1v) is 6.83. The fourth-order valence-corrected chi connectivity index (χ4v) is 4.35. The molecule has 4 unspecified atom stereocenters. The topological polar surface area (TPSA) is 38.1 Å². The van der Waals surface area contributed by atoms with Crippen LogP contribution >= 0.6 is 0 Å². The van der Waals surface area contributed by atoms with E-state index in [0.29, 0.717) is 12.5 Å². The van der Waals surface area contributed by atoms with Crippen molar-refractivity contribution in [3.05, 3.63) is 22.8 Å². The van der Waals surface area contributed by atoms with Crippen molar-refractivity contribution >= 4 is 6.08 Å². The average Bonchev–Trinajstić information content (AvgIpc) is 2.86. The Bertz CT molecular complexity index is 483. The lowest BCUT2D eigenvalue weighted by Crippen LogP contribution is -2.38.